The Bertz CT molecular complexity index is 624. The fourth-order valence-corrected chi connectivity index (χ4v) is 3.32. The number of hydrogen-bond donors (Lipinski definition) is 0. The Morgan fingerprint density at radius 2 is 1.89 bits per heavy atom. The lowest BCUT2D eigenvalue weighted by molar-refractivity contribution is 0.0964. The molecule has 0 amide bonds. The molecule has 0 saturated heterocycles. The molecule has 2 atom stereocenters. The average molecular weight is 336 g/mol. The highest BCUT2D eigenvalue weighted by atomic mass is 79.9. The van der Waals surface area contributed by atoms with Gasteiger partial charge >= 0.3 is 0 Å². The quantitative estimate of drug-likeness (QED) is 0.714. The minimum absolute atomic E-state index is 0.111. The number of carbonyl (C=O) groups excluding carboxylic acids is 1. The van der Waals surface area contributed by atoms with Crippen molar-refractivity contribution >= 4 is 33.3 Å². The van der Waals surface area contributed by atoms with Crippen LogP contribution >= 0.6 is 27.5 Å². The molecular weight excluding hydrogens is 324 g/mol. The second kappa shape index (κ2) is 5.10. The van der Waals surface area contributed by atoms with Crippen LogP contribution < -0.4 is 0 Å². The van der Waals surface area contributed by atoms with Gasteiger partial charge in [0.15, 0.2) is 5.78 Å². The third-order valence-electron chi connectivity index (χ3n) is 3.55. The zero-order valence-electron chi connectivity index (χ0n) is 10.1. The van der Waals surface area contributed by atoms with Crippen molar-refractivity contribution in [1.29, 1.82) is 0 Å². The molecule has 0 bridgehead atoms. The largest absolute Gasteiger partial charge is 0.294 e. The summed E-state index contributed by atoms with van der Waals surface area (Å²) in [6, 6.07) is 15.6. The van der Waals surface area contributed by atoms with Gasteiger partial charge in [-0.15, -0.1) is 0 Å². The van der Waals surface area contributed by atoms with Crippen LogP contribution in [0.3, 0.4) is 0 Å². The van der Waals surface area contributed by atoms with E-state index in [2.05, 4.69) is 28.1 Å². The smallest absolute Gasteiger partial charge is 0.167 e. The van der Waals surface area contributed by atoms with E-state index >= 15 is 0 Å². The maximum absolute atomic E-state index is 12.4. The number of Topliss-reactive ketones (excluding diaryl/α,β-unsaturated/α-hetero) is 1. The summed E-state index contributed by atoms with van der Waals surface area (Å²) in [5.41, 5.74) is 1.98. The Balaban J connectivity index is 1.80. The van der Waals surface area contributed by atoms with E-state index in [0.29, 0.717) is 10.9 Å². The molecule has 0 heterocycles. The number of carbonyl (C=O) groups is 1. The molecule has 3 heteroatoms. The van der Waals surface area contributed by atoms with Crippen molar-refractivity contribution < 1.29 is 4.79 Å². The van der Waals surface area contributed by atoms with E-state index in [-0.39, 0.29) is 11.7 Å². The summed E-state index contributed by atoms with van der Waals surface area (Å²) >= 11 is 9.31. The fraction of sp³-hybridized carbons (Fsp3) is 0.188. The molecule has 1 aliphatic carbocycles. The Hall–Kier alpha value is -1.12. The summed E-state index contributed by atoms with van der Waals surface area (Å²) in [4.78, 5) is 12.4. The normalized spacial score (nSPS) is 21.2. The summed E-state index contributed by atoms with van der Waals surface area (Å²) < 4.78 is 0.781. The van der Waals surface area contributed by atoms with Crippen LogP contribution in [0.5, 0.6) is 0 Å². The van der Waals surface area contributed by atoms with Crippen LogP contribution in [-0.2, 0) is 0 Å². The lowest BCUT2D eigenvalue weighted by Gasteiger charge is -2.04. The van der Waals surface area contributed by atoms with Crippen molar-refractivity contribution in [3.63, 3.8) is 0 Å². The van der Waals surface area contributed by atoms with Crippen molar-refractivity contribution in [2.45, 2.75) is 12.3 Å². The highest BCUT2D eigenvalue weighted by molar-refractivity contribution is 9.10. The molecule has 96 valence electrons. The van der Waals surface area contributed by atoms with Crippen molar-refractivity contribution in [3.05, 3.63) is 69.2 Å². The van der Waals surface area contributed by atoms with E-state index in [0.717, 1.165) is 16.5 Å². The van der Waals surface area contributed by atoms with Gasteiger partial charge in [-0.05, 0) is 52.0 Å². The number of ketones is 1. The van der Waals surface area contributed by atoms with Crippen LogP contribution in [0.2, 0.25) is 5.02 Å². The van der Waals surface area contributed by atoms with Crippen LogP contribution in [-0.4, -0.2) is 5.78 Å². The van der Waals surface area contributed by atoms with Gasteiger partial charge in [0.25, 0.3) is 0 Å². The SMILES string of the molecule is O=C(c1ccc(Cl)cc1Br)C1CC1c1ccccc1. The predicted octanol–water partition coefficient (Wildman–Crippen LogP) is 5.09. The molecule has 2 aromatic rings. The topological polar surface area (TPSA) is 17.1 Å². The lowest BCUT2D eigenvalue weighted by Crippen LogP contribution is -2.04. The van der Waals surface area contributed by atoms with Crippen molar-refractivity contribution in [2.75, 3.05) is 0 Å². The van der Waals surface area contributed by atoms with Gasteiger partial charge < -0.3 is 0 Å². The van der Waals surface area contributed by atoms with Gasteiger partial charge in [0.05, 0.1) is 0 Å². The van der Waals surface area contributed by atoms with Crippen molar-refractivity contribution in [1.82, 2.24) is 0 Å². The molecule has 1 nitrogen and oxygen atoms in total. The van der Waals surface area contributed by atoms with Gasteiger partial charge in [0.2, 0.25) is 0 Å². The molecular formula is C16H12BrClO. The molecule has 3 rings (SSSR count). The molecule has 19 heavy (non-hydrogen) atoms. The first kappa shape index (κ1) is 12.9. The zero-order valence-corrected chi connectivity index (χ0v) is 12.5. The van der Waals surface area contributed by atoms with Crippen LogP contribution in [0.25, 0.3) is 0 Å². The van der Waals surface area contributed by atoms with E-state index in [1.165, 1.54) is 5.56 Å². The third-order valence-corrected chi connectivity index (χ3v) is 4.44. The first-order chi connectivity index (χ1) is 9.16. The molecule has 0 spiro atoms. The standard InChI is InChI=1S/C16H12BrClO/c17-15-8-11(18)6-7-12(15)16(19)14-9-13(14)10-4-2-1-3-5-10/h1-8,13-14H,9H2. The Morgan fingerprint density at radius 3 is 2.58 bits per heavy atom. The van der Waals surface area contributed by atoms with Crippen molar-refractivity contribution in [2.24, 2.45) is 5.92 Å². The summed E-state index contributed by atoms with van der Waals surface area (Å²) in [6.07, 6.45) is 0.942. The van der Waals surface area contributed by atoms with Crippen LogP contribution in [0.15, 0.2) is 53.0 Å². The molecule has 1 fully saturated rings. The maximum Gasteiger partial charge on any atom is 0.167 e. The number of halogens is 2. The van der Waals surface area contributed by atoms with Crippen LogP contribution in [0.1, 0.15) is 28.3 Å². The van der Waals surface area contributed by atoms with Crippen LogP contribution in [0.4, 0.5) is 0 Å². The summed E-state index contributed by atoms with van der Waals surface area (Å²) in [5, 5.41) is 0.638. The summed E-state index contributed by atoms with van der Waals surface area (Å²) in [5.74, 6) is 0.688. The number of benzene rings is 2. The molecule has 1 saturated carbocycles. The minimum atomic E-state index is 0.111. The van der Waals surface area contributed by atoms with Gasteiger partial charge in [-0.25, -0.2) is 0 Å². The van der Waals surface area contributed by atoms with Gasteiger partial charge in [0.1, 0.15) is 0 Å². The van der Waals surface area contributed by atoms with Gasteiger partial charge in [-0.3, -0.25) is 4.79 Å². The maximum atomic E-state index is 12.4. The highest BCUT2D eigenvalue weighted by Gasteiger charge is 2.44. The second-order valence-corrected chi connectivity index (χ2v) is 6.14. The minimum Gasteiger partial charge on any atom is -0.294 e. The highest BCUT2D eigenvalue weighted by Crippen LogP contribution is 2.49. The summed E-state index contributed by atoms with van der Waals surface area (Å²) in [7, 11) is 0. The number of hydrogen-bond acceptors (Lipinski definition) is 1. The van der Waals surface area contributed by atoms with Gasteiger partial charge in [0, 0.05) is 21.0 Å². The van der Waals surface area contributed by atoms with E-state index < -0.39 is 0 Å². The van der Waals surface area contributed by atoms with E-state index in [1.54, 1.807) is 18.2 Å². The van der Waals surface area contributed by atoms with Gasteiger partial charge in [-0.2, -0.15) is 0 Å². The summed E-state index contributed by atoms with van der Waals surface area (Å²) in [6.45, 7) is 0. The Morgan fingerprint density at radius 1 is 1.16 bits per heavy atom. The third kappa shape index (κ3) is 2.60. The monoisotopic (exact) mass is 334 g/mol. The zero-order chi connectivity index (χ0) is 13.4. The molecule has 2 unspecified atom stereocenters. The molecule has 0 radical (unpaired) electrons. The second-order valence-electron chi connectivity index (χ2n) is 4.85. The molecule has 0 N–H and O–H groups in total. The van der Waals surface area contributed by atoms with Crippen molar-refractivity contribution in [3.8, 4) is 0 Å². The average Bonchev–Trinajstić information content (AvgIpc) is 3.19. The molecule has 0 aromatic heterocycles. The number of rotatable bonds is 3. The molecule has 2 aromatic carbocycles. The first-order valence-electron chi connectivity index (χ1n) is 6.21. The van der Waals surface area contributed by atoms with Crippen LogP contribution in [0, 0.1) is 5.92 Å². The molecule has 0 aliphatic heterocycles. The Labute approximate surface area is 125 Å². The fourth-order valence-electron chi connectivity index (χ4n) is 2.44. The van der Waals surface area contributed by atoms with E-state index in [4.69, 9.17) is 11.6 Å². The van der Waals surface area contributed by atoms with Gasteiger partial charge in [-0.1, -0.05) is 41.9 Å². The first-order valence-corrected chi connectivity index (χ1v) is 7.38. The van der Waals surface area contributed by atoms with E-state index in [9.17, 15) is 4.79 Å². The molecule has 1 aliphatic rings. The Kier molecular flexibility index (Phi) is 3.46. The lowest BCUT2D eigenvalue weighted by atomic mass is 10.0. The predicted molar refractivity (Wildman–Crippen MR) is 80.8 cm³/mol. The van der Waals surface area contributed by atoms with E-state index in [1.807, 2.05) is 18.2 Å².